The Kier molecular flexibility index (Phi) is 9.08. The molecule has 2 aromatic rings. The van der Waals surface area contributed by atoms with Crippen molar-refractivity contribution in [2.75, 3.05) is 6.61 Å². The van der Waals surface area contributed by atoms with Crippen LogP contribution in [0.15, 0.2) is 53.5 Å². The standard InChI is InChI=1S/C29H40FN3O6S/c1-19(22-11-9-10-12-23(22)30)31-25-33-40(35,36)24(29(7,8)38-25)17-20-13-15-21(16-14-20)37-18-28(5,6)32-26(34)39-27(2,3)4/h9-16,19,24H,17-18H2,1-8H3,(H,31,33)(H,32,34). The lowest BCUT2D eigenvalue weighted by Crippen LogP contribution is -2.59. The predicted molar refractivity (Wildman–Crippen MR) is 152 cm³/mol. The molecule has 40 heavy (non-hydrogen) atoms. The van der Waals surface area contributed by atoms with E-state index in [0.717, 1.165) is 5.56 Å². The molecule has 2 atom stereocenters. The van der Waals surface area contributed by atoms with Gasteiger partial charge in [-0.15, -0.1) is 0 Å². The number of aliphatic imine (C=N–C) groups is 1. The number of benzene rings is 2. The summed E-state index contributed by atoms with van der Waals surface area (Å²) in [5.41, 5.74) is -1.29. The van der Waals surface area contributed by atoms with Gasteiger partial charge in [-0.1, -0.05) is 30.3 Å². The molecule has 0 aliphatic carbocycles. The number of rotatable bonds is 8. The third-order valence-electron chi connectivity index (χ3n) is 6.19. The molecule has 2 unspecified atom stereocenters. The van der Waals surface area contributed by atoms with E-state index < -0.39 is 50.0 Å². The van der Waals surface area contributed by atoms with Gasteiger partial charge in [-0.3, -0.25) is 0 Å². The van der Waals surface area contributed by atoms with Crippen molar-refractivity contribution in [3.8, 4) is 5.75 Å². The molecule has 0 saturated carbocycles. The number of amides is 1. The Bertz CT molecular complexity index is 1330. The number of hydrogen-bond donors (Lipinski definition) is 2. The van der Waals surface area contributed by atoms with Crippen molar-refractivity contribution in [2.24, 2.45) is 4.99 Å². The number of alkyl carbamates (subject to hydrolysis) is 1. The molecule has 220 valence electrons. The number of sulfonamides is 1. The highest BCUT2D eigenvalue weighted by Crippen LogP contribution is 2.30. The Balaban J connectivity index is 1.64. The van der Waals surface area contributed by atoms with E-state index in [1.54, 1.807) is 84.0 Å². The van der Waals surface area contributed by atoms with Crippen LogP contribution in [-0.4, -0.2) is 49.1 Å². The van der Waals surface area contributed by atoms with Crippen molar-refractivity contribution in [3.63, 3.8) is 0 Å². The van der Waals surface area contributed by atoms with Crippen molar-refractivity contribution < 1.29 is 31.8 Å². The van der Waals surface area contributed by atoms with Crippen molar-refractivity contribution >= 4 is 22.1 Å². The van der Waals surface area contributed by atoms with Crippen LogP contribution in [0.1, 0.15) is 72.6 Å². The second-order valence-electron chi connectivity index (χ2n) is 12.1. The van der Waals surface area contributed by atoms with Crippen LogP contribution in [0.25, 0.3) is 0 Å². The van der Waals surface area contributed by atoms with Crippen molar-refractivity contribution in [2.45, 2.75) is 89.8 Å². The summed E-state index contributed by atoms with van der Waals surface area (Å²) in [6.45, 7) is 14.3. The van der Waals surface area contributed by atoms with Crippen LogP contribution in [0.4, 0.5) is 9.18 Å². The summed E-state index contributed by atoms with van der Waals surface area (Å²) in [6, 6.07) is 12.5. The van der Waals surface area contributed by atoms with Crippen molar-refractivity contribution in [1.82, 2.24) is 10.0 Å². The second-order valence-corrected chi connectivity index (χ2v) is 14.0. The molecule has 0 spiro atoms. The molecule has 2 N–H and O–H groups in total. The van der Waals surface area contributed by atoms with Gasteiger partial charge in [0.15, 0.2) is 0 Å². The number of nitrogens with one attached hydrogen (secondary N) is 2. The largest absolute Gasteiger partial charge is 0.491 e. The summed E-state index contributed by atoms with van der Waals surface area (Å²) >= 11 is 0. The van der Waals surface area contributed by atoms with Gasteiger partial charge in [-0.05, 0) is 85.6 Å². The predicted octanol–water partition coefficient (Wildman–Crippen LogP) is 5.26. The first-order valence-corrected chi connectivity index (χ1v) is 14.7. The average Bonchev–Trinajstić information content (AvgIpc) is 2.79. The molecular weight excluding hydrogens is 537 g/mol. The maximum absolute atomic E-state index is 14.2. The Labute approximate surface area is 236 Å². The van der Waals surface area contributed by atoms with Crippen LogP contribution in [0.5, 0.6) is 5.75 Å². The molecule has 1 saturated heterocycles. The first-order valence-electron chi connectivity index (χ1n) is 13.1. The molecule has 0 aromatic heterocycles. The molecule has 0 bridgehead atoms. The number of amidine groups is 1. The Hall–Kier alpha value is -3.34. The van der Waals surface area contributed by atoms with E-state index in [4.69, 9.17) is 14.2 Å². The minimum Gasteiger partial charge on any atom is -0.491 e. The maximum Gasteiger partial charge on any atom is 0.408 e. The number of ether oxygens (including phenoxy) is 3. The molecule has 2 aromatic carbocycles. The van der Waals surface area contributed by atoms with Crippen LogP contribution in [0, 0.1) is 5.82 Å². The van der Waals surface area contributed by atoms with Crippen molar-refractivity contribution in [1.29, 1.82) is 0 Å². The van der Waals surface area contributed by atoms with Gasteiger partial charge in [0, 0.05) is 5.56 Å². The third-order valence-corrected chi connectivity index (χ3v) is 8.13. The van der Waals surface area contributed by atoms with E-state index in [1.807, 2.05) is 13.8 Å². The lowest BCUT2D eigenvalue weighted by Gasteiger charge is -2.39. The van der Waals surface area contributed by atoms with Gasteiger partial charge >= 0.3 is 6.09 Å². The van der Waals surface area contributed by atoms with Crippen LogP contribution < -0.4 is 14.8 Å². The van der Waals surface area contributed by atoms with Gasteiger partial charge in [0.25, 0.3) is 6.02 Å². The van der Waals surface area contributed by atoms with Crippen LogP contribution >= 0.6 is 0 Å². The van der Waals surface area contributed by atoms with Crippen LogP contribution in [-0.2, 0) is 25.9 Å². The Morgan fingerprint density at radius 1 is 1.12 bits per heavy atom. The number of halogens is 1. The van der Waals surface area contributed by atoms with Gasteiger partial charge in [-0.25, -0.2) is 27.3 Å². The maximum atomic E-state index is 14.2. The second kappa shape index (κ2) is 11.6. The summed E-state index contributed by atoms with van der Waals surface area (Å²) in [6.07, 6.45) is -0.344. The van der Waals surface area contributed by atoms with E-state index in [9.17, 15) is 17.6 Å². The van der Waals surface area contributed by atoms with E-state index in [1.165, 1.54) is 6.07 Å². The highest BCUT2D eigenvalue weighted by molar-refractivity contribution is 7.90. The topological polar surface area (TPSA) is 115 Å². The van der Waals surface area contributed by atoms with Gasteiger partial charge in [-0.2, -0.15) is 0 Å². The SMILES string of the molecule is CC(N=C1NS(=O)(=O)C(Cc2ccc(OCC(C)(C)NC(=O)OC(C)(C)C)cc2)C(C)(C)O1)c1ccccc1F. The third kappa shape index (κ3) is 8.58. The highest BCUT2D eigenvalue weighted by atomic mass is 32.2. The van der Waals surface area contributed by atoms with E-state index >= 15 is 0 Å². The van der Waals surface area contributed by atoms with Gasteiger partial charge in [0.1, 0.15) is 34.6 Å². The molecule has 9 nitrogen and oxygen atoms in total. The smallest absolute Gasteiger partial charge is 0.408 e. The minimum absolute atomic E-state index is 0.164. The van der Waals surface area contributed by atoms with E-state index in [2.05, 4.69) is 15.0 Å². The monoisotopic (exact) mass is 577 g/mol. The summed E-state index contributed by atoms with van der Waals surface area (Å²) < 4.78 is 60.2. The summed E-state index contributed by atoms with van der Waals surface area (Å²) in [5, 5.41) is 1.88. The molecule has 1 amide bonds. The molecular formula is C29H40FN3O6S. The molecule has 3 rings (SSSR count). The number of nitrogens with zero attached hydrogens (tertiary/aromatic N) is 1. The molecule has 1 fully saturated rings. The fourth-order valence-corrected chi connectivity index (χ4v) is 5.87. The molecule has 0 radical (unpaired) electrons. The molecule has 1 heterocycles. The zero-order valence-corrected chi connectivity index (χ0v) is 25.2. The van der Waals surface area contributed by atoms with Crippen LogP contribution in [0.3, 0.4) is 0 Å². The fraction of sp³-hybridized carbons (Fsp3) is 0.517. The minimum atomic E-state index is -3.86. The van der Waals surface area contributed by atoms with Gasteiger partial charge in [0.05, 0.1) is 11.6 Å². The highest BCUT2D eigenvalue weighted by Gasteiger charge is 2.47. The van der Waals surface area contributed by atoms with E-state index in [0.29, 0.717) is 11.3 Å². The normalized spacial score (nSPS) is 20.1. The van der Waals surface area contributed by atoms with Crippen LogP contribution in [0.2, 0.25) is 0 Å². The van der Waals surface area contributed by atoms with E-state index in [-0.39, 0.29) is 19.0 Å². The Morgan fingerprint density at radius 3 is 2.33 bits per heavy atom. The van der Waals surface area contributed by atoms with Crippen molar-refractivity contribution in [3.05, 3.63) is 65.5 Å². The summed E-state index contributed by atoms with van der Waals surface area (Å²) in [5.74, 6) is 0.143. The summed E-state index contributed by atoms with van der Waals surface area (Å²) in [7, 11) is -3.86. The zero-order valence-electron chi connectivity index (χ0n) is 24.4. The quantitative estimate of drug-likeness (QED) is 0.442. The average molecular weight is 578 g/mol. The molecule has 11 heteroatoms. The summed E-state index contributed by atoms with van der Waals surface area (Å²) in [4.78, 5) is 16.4. The van der Waals surface area contributed by atoms with Gasteiger partial charge in [0.2, 0.25) is 10.0 Å². The van der Waals surface area contributed by atoms with Gasteiger partial charge < -0.3 is 19.5 Å². The zero-order chi connectivity index (χ0) is 29.9. The first-order chi connectivity index (χ1) is 18.4. The number of carbonyl (C=O) groups excluding carboxylic acids is 1. The first kappa shape index (κ1) is 31.2. The molecule has 1 aliphatic rings. The molecule has 1 aliphatic heterocycles. The fourth-order valence-electron chi connectivity index (χ4n) is 4.19. The lowest BCUT2D eigenvalue weighted by atomic mass is 9.97. The Morgan fingerprint density at radius 2 is 1.75 bits per heavy atom. The number of hydrogen-bond acceptors (Lipinski definition) is 7. The number of carbonyl (C=O) groups is 1. The lowest BCUT2D eigenvalue weighted by molar-refractivity contribution is 0.0441.